The number of aromatic carboxylic acids is 1. The number of carboxylic acids is 1. The van der Waals surface area contributed by atoms with Crippen LogP contribution in [0.25, 0.3) is 0 Å². The van der Waals surface area contributed by atoms with Crippen molar-refractivity contribution in [2.75, 3.05) is 5.32 Å². The van der Waals surface area contributed by atoms with Gasteiger partial charge in [-0.1, -0.05) is 36.2 Å². The van der Waals surface area contributed by atoms with Gasteiger partial charge in [0.1, 0.15) is 0 Å². The number of carbonyl (C=O) groups excluding carboxylic acids is 1. The summed E-state index contributed by atoms with van der Waals surface area (Å²) in [5.74, 6) is -1.20. The molecule has 4 nitrogen and oxygen atoms in total. The van der Waals surface area contributed by atoms with Gasteiger partial charge in [0.05, 0.1) is 11.3 Å². The second-order valence-corrected chi connectivity index (χ2v) is 6.83. The Morgan fingerprint density at radius 2 is 2.10 bits per heavy atom. The molecule has 0 heterocycles. The first kappa shape index (κ1) is 15.0. The van der Waals surface area contributed by atoms with Gasteiger partial charge in [-0.05, 0) is 36.5 Å². The predicted octanol–water partition coefficient (Wildman–Crippen LogP) is 3.91. The fraction of sp³-hybridized carbons (Fsp3) is 0.467. The van der Waals surface area contributed by atoms with E-state index in [2.05, 4.69) is 35.1 Å². The van der Waals surface area contributed by atoms with E-state index in [1.807, 2.05) is 0 Å². The van der Waals surface area contributed by atoms with Crippen LogP contribution in [0.3, 0.4) is 0 Å². The van der Waals surface area contributed by atoms with Gasteiger partial charge in [-0.2, -0.15) is 0 Å². The monoisotopic (exact) mass is 339 g/mol. The molecular weight excluding hydrogens is 322 g/mol. The highest BCUT2D eigenvalue weighted by atomic mass is 79.9. The Morgan fingerprint density at radius 3 is 2.65 bits per heavy atom. The average molecular weight is 340 g/mol. The second-order valence-electron chi connectivity index (χ2n) is 5.92. The molecule has 0 aliphatic heterocycles. The van der Waals surface area contributed by atoms with Crippen molar-refractivity contribution in [3.05, 3.63) is 28.2 Å². The van der Waals surface area contributed by atoms with E-state index < -0.39 is 5.97 Å². The van der Waals surface area contributed by atoms with E-state index in [-0.39, 0.29) is 22.8 Å². The predicted molar refractivity (Wildman–Crippen MR) is 80.9 cm³/mol. The van der Waals surface area contributed by atoms with Crippen LogP contribution in [0.4, 0.5) is 5.69 Å². The van der Waals surface area contributed by atoms with E-state index >= 15 is 0 Å². The molecule has 1 amide bonds. The van der Waals surface area contributed by atoms with Crippen molar-refractivity contribution in [2.24, 2.45) is 11.3 Å². The standard InChI is InChI=1S/C15H18BrNO3/c1-15(2)7-3-4-11(15)13(18)17-12-6-5-9(16)8-10(12)14(19)20/h5-6,8,11H,3-4,7H2,1-2H3,(H,17,18)(H,19,20). The first-order valence-electron chi connectivity index (χ1n) is 6.65. The van der Waals surface area contributed by atoms with Crippen molar-refractivity contribution in [3.8, 4) is 0 Å². The van der Waals surface area contributed by atoms with Gasteiger partial charge in [-0.3, -0.25) is 4.79 Å². The van der Waals surface area contributed by atoms with E-state index in [0.29, 0.717) is 10.2 Å². The van der Waals surface area contributed by atoms with Gasteiger partial charge in [0.2, 0.25) is 5.91 Å². The largest absolute Gasteiger partial charge is 0.478 e. The van der Waals surface area contributed by atoms with Gasteiger partial charge in [-0.15, -0.1) is 0 Å². The van der Waals surface area contributed by atoms with Crippen molar-refractivity contribution < 1.29 is 14.7 Å². The number of amides is 1. The molecule has 5 heteroatoms. The lowest BCUT2D eigenvalue weighted by atomic mass is 9.81. The molecule has 1 aliphatic rings. The SMILES string of the molecule is CC1(C)CCCC1C(=O)Nc1ccc(Br)cc1C(=O)O. The van der Waals surface area contributed by atoms with Gasteiger partial charge >= 0.3 is 5.97 Å². The van der Waals surface area contributed by atoms with Gasteiger partial charge in [-0.25, -0.2) is 4.79 Å². The number of nitrogens with one attached hydrogen (secondary N) is 1. The van der Waals surface area contributed by atoms with E-state index in [9.17, 15) is 14.7 Å². The third-order valence-corrected chi connectivity index (χ3v) is 4.54. The lowest BCUT2D eigenvalue weighted by Gasteiger charge is -2.26. The van der Waals surface area contributed by atoms with E-state index in [4.69, 9.17) is 0 Å². The lowest BCUT2D eigenvalue weighted by Crippen LogP contribution is -2.31. The summed E-state index contributed by atoms with van der Waals surface area (Å²) in [5, 5.41) is 12.0. The Balaban J connectivity index is 2.22. The van der Waals surface area contributed by atoms with E-state index in [1.165, 1.54) is 6.07 Å². The first-order valence-corrected chi connectivity index (χ1v) is 7.44. The Morgan fingerprint density at radius 1 is 1.40 bits per heavy atom. The van der Waals surface area contributed by atoms with Crippen molar-refractivity contribution in [3.63, 3.8) is 0 Å². The quantitative estimate of drug-likeness (QED) is 0.877. The number of anilines is 1. The van der Waals surface area contributed by atoms with Crippen molar-refractivity contribution in [2.45, 2.75) is 33.1 Å². The Hall–Kier alpha value is -1.36. The van der Waals surface area contributed by atoms with Crippen LogP contribution < -0.4 is 5.32 Å². The molecule has 1 unspecified atom stereocenters. The number of hydrogen-bond acceptors (Lipinski definition) is 2. The number of carbonyl (C=O) groups is 2. The van der Waals surface area contributed by atoms with Gasteiger partial charge in [0.25, 0.3) is 0 Å². The summed E-state index contributed by atoms with van der Waals surface area (Å²) >= 11 is 3.24. The molecule has 108 valence electrons. The minimum Gasteiger partial charge on any atom is -0.478 e. The third-order valence-electron chi connectivity index (χ3n) is 4.04. The third kappa shape index (κ3) is 3.03. The fourth-order valence-electron chi connectivity index (χ4n) is 2.84. The minimum atomic E-state index is -1.05. The lowest BCUT2D eigenvalue weighted by molar-refractivity contribution is -0.122. The van der Waals surface area contributed by atoms with Crippen LogP contribution in [0.2, 0.25) is 0 Å². The molecular formula is C15H18BrNO3. The topological polar surface area (TPSA) is 66.4 Å². The van der Waals surface area contributed by atoms with Crippen LogP contribution in [-0.4, -0.2) is 17.0 Å². The van der Waals surface area contributed by atoms with Crippen LogP contribution in [0.5, 0.6) is 0 Å². The molecule has 1 atom stereocenters. The molecule has 1 aliphatic carbocycles. The second kappa shape index (κ2) is 5.56. The zero-order chi connectivity index (χ0) is 14.9. The Bertz CT molecular complexity index is 554. The molecule has 0 bridgehead atoms. The van der Waals surface area contributed by atoms with Crippen molar-refractivity contribution >= 4 is 33.5 Å². The van der Waals surface area contributed by atoms with Gasteiger partial charge in [0.15, 0.2) is 0 Å². The maximum absolute atomic E-state index is 12.4. The van der Waals surface area contributed by atoms with Crippen LogP contribution in [0.1, 0.15) is 43.5 Å². The zero-order valence-electron chi connectivity index (χ0n) is 11.6. The number of carboxylic acid groups (broad SMARTS) is 1. The summed E-state index contributed by atoms with van der Waals surface area (Å²) in [6.07, 6.45) is 2.92. The number of rotatable bonds is 3. The molecule has 1 fully saturated rings. The molecule has 2 N–H and O–H groups in total. The fourth-order valence-corrected chi connectivity index (χ4v) is 3.20. The van der Waals surface area contributed by atoms with Crippen LogP contribution in [0, 0.1) is 11.3 Å². The maximum Gasteiger partial charge on any atom is 0.337 e. The molecule has 1 aromatic carbocycles. The number of halogens is 1. The summed E-state index contributed by atoms with van der Waals surface area (Å²) in [6.45, 7) is 4.17. The average Bonchev–Trinajstić information content (AvgIpc) is 2.71. The number of hydrogen-bond donors (Lipinski definition) is 2. The minimum absolute atomic E-state index is 0.0250. The van der Waals surface area contributed by atoms with Crippen LogP contribution >= 0.6 is 15.9 Å². The molecule has 0 aromatic heterocycles. The Labute approximate surface area is 126 Å². The summed E-state index contributed by atoms with van der Waals surface area (Å²) in [7, 11) is 0. The highest BCUT2D eigenvalue weighted by molar-refractivity contribution is 9.10. The van der Waals surface area contributed by atoms with Crippen LogP contribution in [0.15, 0.2) is 22.7 Å². The molecule has 1 aromatic rings. The highest BCUT2D eigenvalue weighted by Gasteiger charge is 2.39. The van der Waals surface area contributed by atoms with Crippen LogP contribution in [-0.2, 0) is 4.79 Å². The smallest absolute Gasteiger partial charge is 0.337 e. The summed E-state index contributed by atoms with van der Waals surface area (Å²) in [4.78, 5) is 23.6. The molecule has 1 saturated carbocycles. The molecule has 2 rings (SSSR count). The summed E-state index contributed by atoms with van der Waals surface area (Å²) in [5.41, 5.74) is 0.431. The van der Waals surface area contributed by atoms with Gasteiger partial charge < -0.3 is 10.4 Å². The maximum atomic E-state index is 12.4. The Kier molecular flexibility index (Phi) is 4.18. The summed E-state index contributed by atoms with van der Waals surface area (Å²) in [6, 6.07) is 4.84. The molecule has 0 radical (unpaired) electrons. The van der Waals surface area contributed by atoms with E-state index in [1.54, 1.807) is 12.1 Å². The first-order chi connectivity index (χ1) is 9.31. The summed E-state index contributed by atoms with van der Waals surface area (Å²) < 4.78 is 0.675. The highest BCUT2D eigenvalue weighted by Crippen LogP contribution is 2.43. The molecule has 0 spiro atoms. The normalized spacial score (nSPS) is 20.6. The molecule has 20 heavy (non-hydrogen) atoms. The zero-order valence-corrected chi connectivity index (χ0v) is 13.2. The van der Waals surface area contributed by atoms with Crippen molar-refractivity contribution in [1.82, 2.24) is 0 Å². The molecule has 0 saturated heterocycles. The van der Waals surface area contributed by atoms with E-state index in [0.717, 1.165) is 19.3 Å². The van der Waals surface area contributed by atoms with Gasteiger partial charge in [0, 0.05) is 10.4 Å². The van der Waals surface area contributed by atoms with Crippen molar-refractivity contribution in [1.29, 1.82) is 0 Å². The number of benzene rings is 1.